The molecule has 0 saturated heterocycles. The van der Waals surface area contributed by atoms with Gasteiger partial charge in [-0.2, -0.15) is 0 Å². The van der Waals surface area contributed by atoms with Gasteiger partial charge in [0.25, 0.3) is 11.5 Å². The van der Waals surface area contributed by atoms with E-state index in [9.17, 15) is 18.8 Å². The third kappa shape index (κ3) is 3.76. The van der Waals surface area contributed by atoms with Crippen LogP contribution in [0.1, 0.15) is 23.3 Å². The highest BCUT2D eigenvalue weighted by Crippen LogP contribution is 2.33. The van der Waals surface area contributed by atoms with Crippen LogP contribution in [-0.2, 0) is 11.3 Å². The number of benzene rings is 1. The molecule has 0 spiro atoms. The molecule has 0 aliphatic heterocycles. The fourth-order valence-corrected chi connectivity index (χ4v) is 3.23. The molecule has 0 unspecified atom stereocenters. The van der Waals surface area contributed by atoms with Crippen LogP contribution in [0.25, 0.3) is 16.9 Å². The van der Waals surface area contributed by atoms with Crippen LogP contribution in [-0.4, -0.2) is 39.4 Å². The summed E-state index contributed by atoms with van der Waals surface area (Å²) in [4.78, 5) is 40.3. The lowest BCUT2D eigenvalue weighted by Gasteiger charge is -2.14. The lowest BCUT2D eigenvalue weighted by atomic mass is 10.1. The van der Waals surface area contributed by atoms with Gasteiger partial charge in [0.2, 0.25) is 11.6 Å². The Labute approximate surface area is 170 Å². The van der Waals surface area contributed by atoms with Crippen molar-refractivity contribution in [3.05, 3.63) is 52.5 Å². The summed E-state index contributed by atoms with van der Waals surface area (Å²) in [7, 11) is 1.44. The predicted octanol–water partition coefficient (Wildman–Crippen LogP) is 0.936. The van der Waals surface area contributed by atoms with Crippen molar-refractivity contribution in [3.63, 3.8) is 0 Å². The molecule has 0 bridgehead atoms. The van der Waals surface area contributed by atoms with Crippen molar-refractivity contribution >= 4 is 17.5 Å². The second kappa shape index (κ2) is 7.62. The zero-order chi connectivity index (χ0) is 21.4. The Morgan fingerprint density at radius 3 is 2.73 bits per heavy atom. The average molecular weight is 413 g/mol. The second-order valence-electron chi connectivity index (χ2n) is 7.23. The zero-order valence-electron chi connectivity index (χ0n) is 16.2. The van der Waals surface area contributed by atoms with Gasteiger partial charge < -0.3 is 20.4 Å². The van der Waals surface area contributed by atoms with E-state index in [2.05, 4.69) is 10.3 Å². The van der Waals surface area contributed by atoms with Gasteiger partial charge in [0.1, 0.15) is 17.3 Å². The van der Waals surface area contributed by atoms with Crippen LogP contribution in [0.3, 0.4) is 0 Å². The fourth-order valence-electron chi connectivity index (χ4n) is 3.23. The molecule has 1 aromatic carbocycles. The standard InChI is InChI=1S/C20H20FN5O4/c1-30-12-4-5-13(14(21)6-12)16-10-25-9-15(19(28)23-7-17(22)27)24-18(25)20(29)26(16)8-11-2-3-11/h4-6,9-11H,2-3,7-8H2,1H3,(H2,22,27)(H,23,28). The number of rotatable bonds is 7. The number of carbonyl (C=O) groups excluding carboxylic acids is 2. The van der Waals surface area contributed by atoms with Crippen LogP contribution >= 0.6 is 0 Å². The predicted molar refractivity (Wildman–Crippen MR) is 106 cm³/mol. The lowest BCUT2D eigenvalue weighted by molar-refractivity contribution is -0.117. The molecular weight excluding hydrogens is 393 g/mol. The summed E-state index contributed by atoms with van der Waals surface area (Å²) in [5.74, 6) is -1.15. The molecule has 2 aromatic heterocycles. The maximum absolute atomic E-state index is 14.8. The summed E-state index contributed by atoms with van der Waals surface area (Å²) in [6.45, 7) is 0.0904. The quantitative estimate of drug-likeness (QED) is 0.597. The van der Waals surface area contributed by atoms with Crippen LogP contribution in [0.5, 0.6) is 5.75 Å². The van der Waals surface area contributed by atoms with Gasteiger partial charge in [-0.3, -0.25) is 18.8 Å². The highest BCUT2D eigenvalue weighted by molar-refractivity contribution is 5.95. The van der Waals surface area contributed by atoms with Crippen molar-refractivity contribution in [2.75, 3.05) is 13.7 Å². The molecule has 156 valence electrons. The number of halogens is 1. The molecule has 4 rings (SSSR count). The van der Waals surface area contributed by atoms with E-state index in [4.69, 9.17) is 10.5 Å². The first kappa shape index (κ1) is 19.6. The smallest absolute Gasteiger partial charge is 0.294 e. The first-order valence-electron chi connectivity index (χ1n) is 9.40. The molecule has 0 radical (unpaired) electrons. The number of primary amides is 1. The number of ether oxygens (including phenoxy) is 1. The molecular formula is C20H20FN5O4. The number of nitrogens with one attached hydrogen (secondary N) is 1. The van der Waals surface area contributed by atoms with Crippen molar-refractivity contribution in [2.24, 2.45) is 11.7 Å². The van der Waals surface area contributed by atoms with Gasteiger partial charge in [0, 0.05) is 30.6 Å². The molecule has 2 heterocycles. The number of hydrogen-bond acceptors (Lipinski definition) is 5. The van der Waals surface area contributed by atoms with Crippen molar-refractivity contribution < 1.29 is 18.7 Å². The number of fused-ring (bicyclic) bond motifs is 1. The van der Waals surface area contributed by atoms with Crippen LogP contribution < -0.4 is 21.3 Å². The van der Waals surface area contributed by atoms with E-state index in [1.165, 1.54) is 28.3 Å². The number of nitrogens with zero attached hydrogens (tertiary/aromatic N) is 3. The first-order chi connectivity index (χ1) is 14.4. The molecule has 2 amide bonds. The summed E-state index contributed by atoms with van der Waals surface area (Å²) in [6, 6.07) is 4.42. The second-order valence-corrected chi connectivity index (χ2v) is 7.23. The molecule has 3 aromatic rings. The number of imidazole rings is 1. The average Bonchev–Trinajstić information content (AvgIpc) is 3.43. The summed E-state index contributed by atoms with van der Waals surface area (Å²) < 4.78 is 22.7. The van der Waals surface area contributed by atoms with Crippen LogP contribution in [0, 0.1) is 11.7 Å². The van der Waals surface area contributed by atoms with Crippen molar-refractivity contribution in [2.45, 2.75) is 19.4 Å². The summed E-state index contributed by atoms with van der Waals surface area (Å²) in [5, 5.41) is 2.33. The molecule has 1 aliphatic carbocycles. The number of carbonyl (C=O) groups is 2. The summed E-state index contributed by atoms with van der Waals surface area (Å²) in [6.07, 6.45) is 4.93. The van der Waals surface area contributed by atoms with Crippen molar-refractivity contribution in [3.8, 4) is 17.0 Å². The van der Waals surface area contributed by atoms with Crippen LogP contribution in [0.15, 0.2) is 35.4 Å². The van der Waals surface area contributed by atoms with Crippen molar-refractivity contribution in [1.82, 2.24) is 19.3 Å². The van der Waals surface area contributed by atoms with E-state index >= 15 is 0 Å². The highest BCUT2D eigenvalue weighted by atomic mass is 19.1. The van der Waals surface area contributed by atoms with Gasteiger partial charge >= 0.3 is 0 Å². The molecule has 10 heteroatoms. The van der Waals surface area contributed by atoms with Crippen LogP contribution in [0.2, 0.25) is 0 Å². The number of nitrogens with two attached hydrogens (primary N) is 1. The minimum Gasteiger partial charge on any atom is -0.497 e. The molecule has 9 nitrogen and oxygen atoms in total. The Balaban J connectivity index is 1.83. The Hall–Kier alpha value is -3.69. The Morgan fingerprint density at radius 1 is 1.33 bits per heavy atom. The molecule has 1 saturated carbocycles. The fraction of sp³-hybridized carbons (Fsp3) is 0.300. The number of hydrogen-bond donors (Lipinski definition) is 2. The number of amides is 2. The third-order valence-electron chi connectivity index (χ3n) is 4.97. The maximum atomic E-state index is 14.8. The Bertz CT molecular complexity index is 1210. The lowest BCUT2D eigenvalue weighted by Crippen LogP contribution is -2.33. The normalized spacial score (nSPS) is 13.4. The highest BCUT2D eigenvalue weighted by Gasteiger charge is 2.26. The maximum Gasteiger partial charge on any atom is 0.294 e. The SMILES string of the molecule is COc1ccc(-c2cn3cc(C(=O)NCC(N)=O)nc3c(=O)n2CC2CC2)c(F)c1. The summed E-state index contributed by atoms with van der Waals surface area (Å²) >= 11 is 0. The van der Waals surface area contributed by atoms with E-state index in [1.807, 2.05) is 0 Å². The topological polar surface area (TPSA) is 121 Å². The number of aromatic nitrogens is 3. The molecule has 0 atom stereocenters. The van der Waals surface area contributed by atoms with E-state index < -0.39 is 23.2 Å². The molecule has 1 aliphatic rings. The van der Waals surface area contributed by atoms with Gasteiger partial charge in [0.05, 0.1) is 19.3 Å². The van der Waals surface area contributed by atoms with Gasteiger partial charge in [-0.25, -0.2) is 9.37 Å². The van der Waals surface area contributed by atoms with E-state index in [1.54, 1.807) is 18.3 Å². The van der Waals surface area contributed by atoms with Gasteiger partial charge in [-0.15, -0.1) is 0 Å². The van der Waals surface area contributed by atoms with E-state index in [0.29, 0.717) is 23.9 Å². The summed E-state index contributed by atoms with van der Waals surface area (Å²) in [5.41, 5.74) is 5.22. The Morgan fingerprint density at radius 2 is 2.10 bits per heavy atom. The minimum atomic E-state index is -0.698. The monoisotopic (exact) mass is 413 g/mol. The van der Waals surface area contributed by atoms with E-state index in [0.717, 1.165) is 12.8 Å². The van der Waals surface area contributed by atoms with Gasteiger partial charge in [-0.1, -0.05) is 0 Å². The largest absolute Gasteiger partial charge is 0.497 e. The van der Waals surface area contributed by atoms with Gasteiger partial charge in [0.15, 0.2) is 0 Å². The Kier molecular flexibility index (Phi) is 4.98. The number of methoxy groups -OCH3 is 1. The van der Waals surface area contributed by atoms with E-state index in [-0.39, 0.29) is 23.4 Å². The van der Waals surface area contributed by atoms with Crippen molar-refractivity contribution in [1.29, 1.82) is 0 Å². The minimum absolute atomic E-state index is 0.0394. The first-order valence-corrected chi connectivity index (χ1v) is 9.40. The van der Waals surface area contributed by atoms with Gasteiger partial charge in [-0.05, 0) is 30.9 Å². The molecule has 1 fully saturated rings. The molecule has 30 heavy (non-hydrogen) atoms. The van der Waals surface area contributed by atoms with Crippen LogP contribution in [0.4, 0.5) is 4.39 Å². The third-order valence-corrected chi connectivity index (χ3v) is 4.97. The zero-order valence-corrected chi connectivity index (χ0v) is 16.2. The molecule has 3 N–H and O–H groups in total.